The van der Waals surface area contributed by atoms with E-state index in [0.717, 1.165) is 17.3 Å². The van der Waals surface area contributed by atoms with E-state index in [9.17, 15) is 9.18 Å². The van der Waals surface area contributed by atoms with Gasteiger partial charge in [-0.15, -0.1) is 0 Å². The number of H-pyrrole nitrogens is 1. The molecule has 76 valence electrons. The zero-order valence-electron chi connectivity index (χ0n) is 8.25. The zero-order chi connectivity index (χ0) is 10.8. The van der Waals surface area contributed by atoms with E-state index in [1.807, 2.05) is 25.1 Å². The summed E-state index contributed by atoms with van der Waals surface area (Å²) in [7, 11) is 0. The van der Waals surface area contributed by atoms with Gasteiger partial charge in [-0.05, 0) is 24.1 Å². The Bertz CT molecular complexity index is 545. The molecule has 0 atom stereocenters. The van der Waals surface area contributed by atoms with E-state index >= 15 is 0 Å². The first-order chi connectivity index (χ1) is 7.18. The second kappa shape index (κ2) is 3.69. The molecule has 1 N–H and O–H groups in total. The molecule has 0 saturated heterocycles. The fourth-order valence-electron chi connectivity index (χ4n) is 1.53. The van der Waals surface area contributed by atoms with Crippen LogP contribution in [0.4, 0.5) is 4.39 Å². The Morgan fingerprint density at radius 3 is 2.67 bits per heavy atom. The largest absolute Gasteiger partial charge is 0.326 e. The van der Waals surface area contributed by atoms with Gasteiger partial charge >= 0.3 is 0 Å². The Morgan fingerprint density at radius 2 is 1.93 bits per heavy atom. The van der Waals surface area contributed by atoms with Crippen LogP contribution < -0.4 is 5.56 Å². The minimum Gasteiger partial charge on any atom is -0.326 e. The van der Waals surface area contributed by atoms with Gasteiger partial charge in [-0.1, -0.05) is 24.3 Å². The molecule has 2 nitrogen and oxygen atoms in total. The summed E-state index contributed by atoms with van der Waals surface area (Å²) in [5.41, 5.74) is 1.81. The summed E-state index contributed by atoms with van der Waals surface area (Å²) in [5.74, 6) is -0.437. The Kier molecular flexibility index (Phi) is 2.37. The van der Waals surface area contributed by atoms with E-state index < -0.39 is 5.82 Å². The van der Waals surface area contributed by atoms with Gasteiger partial charge in [-0.3, -0.25) is 4.79 Å². The molecule has 0 radical (unpaired) electrons. The number of pyridine rings is 1. The summed E-state index contributed by atoms with van der Waals surface area (Å²) in [4.78, 5) is 13.9. The van der Waals surface area contributed by atoms with Crippen LogP contribution in [-0.4, -0.2) is 4.98 Å². The molecule has 0 aliphatic rings. The van der Waals surface area contributed by atoms with E-state index in [2.05, 4.69) is 4.98 Å². The van der Waals surface area contributed by atoms with E-state index in [1.54, 1.807) is 6.07 Å². The SMILES string of the molecule is Cc1ccccc1-c1cc(F)c[nH]c1=O. The molecule has 2 rings (SSSR count). The van der Waals surface area contributed by atoms with Gasteiger partial charge in [0.25, 0.3) is 5.56 Å². The summed E-state index contributed by atoms with van der Waals surface area (Å²) in [6.45, 7) is 1.89. The second-order valence-corrected chi connectivity index (χ2v) is 3.38. The normalized spacial score (nSPS) is 10.3. The third-order valence-electron chi connectivity index (χ3n) is 2.30. The van der Waals surface area contributed by atoms with Gasteiger partial charge in [0.1, 0.15) is 5.82 Å². The van der Waals surface area contributed by atoms with Crippen molar-refractivity contribution in [1.82, 2.24) is 4.98 Å². The molecule has 2 aromatic rings. The summed E-state index contributed by atoms with van der Waals surface area (Å²) in [5, 5.41) is 0. The van der Waals surface area contributed by atoms with E-state index in [4.69, 9.17) is 0 Å². The minimum absolute atomic E-state index is 0.272. The first-order valence-corrected chi connectivity index (χ1v) is 4.63. The fourth-order valence-corrected chi connectivity index (χ4v) is 1.53. The van der Waals surface area contributed by atoms with Crippen LogP contribution in [0.3, 0.4) is 0 Å². The first kappa shape index (κ1) is 9.65. The van der Waals surface area contributed by atoms with Crippen LogP contribution in [0.2, 0.25) is 0 Å². The van der Waals surface area contributed by atoms with Gasteiger partial charge in [-0.2, -0.15) is 0 Å². The summed E-state index contributed by atoms with van der Waals surface area (Å²) < 4.78 is 13.0. The third kappa shape index (κ3) is 1.81. The monoisotopic (exact) mass is 203 g/mol. The average Bonchev–Trinajstić information content (AvgIpc) is 2.23. The Morgan fingerprint density at radius 1 is 1.20 bits per heavy atom. The van der Waals surface area contributed by atoms with Crippen LogP contribution in [0.1, 0.15) is 5.56 Å². The van der Waals surface area contributed by atoms with Crippen molar-refractivity contribution >= 4 is 0 Å². The molecule has 3 heteroatoms. The molecular formula is C12H10FNO. The average molecular weight is 203 g/mol. The predicted octanol–water partition coefficient (Wildman–Crippen LogP) is 2.49. The Labute approximate surface area is 86.4 Å². The lowest BCUT2D eigenvalue weighted by Gasteiger charge is -2.04. The summed E-state index contributed by atoms with van der Waals surface area (Å²) in [6.07, 6.45) is 1.06. The lowest BCUT2D eigenvalue weighted by atomic mass is 10.0. The topological polar surface area (TPSA) is 32.9 Å². The van der Waals surface area contributed by atoms with Crippen molar-refractivity contribution < 1.29 is 4.39 Å². The molecule has 0 spiro atoms. The van der Waals surface area contributed by atoms with Gasteiger partial charge < -0.3 is 4.98 Å². The number of halogens is 1. The van der Waals surface area contributed by atoms with Gasteiger partial charge in [-0.25, -0.2) is 4.39 Å². The van der Waals surface area contributed by atoms with Gasteiger partial charge in [0.05, 0.1) is 5.56 Å². The quantitative estimate of drug-likeness (QED) is 0.758. The lowest BCUT2D eigenvalue weighted by Crippen LogP contribution is -2.09. The molecule has 0 aliphatic carbocycles. The first-order valence-electron chi connectivity index (χ1n) is 4.63. The summed E-state index contributed by atoms with van der Waals surface area (Å²) >= 11 is 0. The Hall–Kier alpha value is -1.90. The standard InChI is InChI=1S/C12H10FNO/c1-8-4-2-3-5-10(8)11-6-9(13)7-14-12(11)15/h2-7H,1H3,(H,14,15). The molecule has 0 bridgehead atoms. The lowest BCUT2D eigenvalue weighted by molar-refractivity contribution is 0.621. The highest BCUT2D eigenvalue weighted by Gasteiger charge is 2.06. The molecule has 1 aromatic carbocycles. The molecule has 1 aromatic heterocycles. The predicted molar refractivity (Wildman–Crippen MR) is 57.2 cm³/mol. The number of aryl methyl sites for hydroxylation is 1. The number of aromatic amines is 1. The number of hydrogen-bond acceptors (Lipinski definition) is 1. The van der Waals surface area contributed by atoms with Crippen molar-refractivity contribution in [3.05, 3.63) is 58.3 Å². The van der Waals surface area contributed by atoms with Gasteiger partial charge in [0, 0.05) is 6.20 Å². The highest BCUT2D eigenvalue weighted by Crippen LogP contribution is 2.19. The minimum atomic E-state index is -0.437. The van der Waals surface area contributed by atoms with Crippen LogP contribution in [0, 0.1) is 12.7 Å². The van der Waals surface area contributed by atoms with E-state index in [-0.39, 0.29) is 5.56 Å². The van der Waals surface area contributed by atoms with Crippen molar-refractivity contribution in [3.63, 3.8) is 0 Å². The number of aromatic nitrogens is 1. The Balaban J connectivity index is 2.69. The molecule has 0 unspecified atom stereocenters. The second-order valence-electron chi connectivity index (χ2n) is 3.38. The van der Waals surface area contributed by atoms with Crippen molar-refractivity contribution in [1.29, 1.82) is 0 Å². The van der Waals surface area contributed by atoms with E-state index in [0.29, 0.717) is 5.56 Å². The van der Waals surface area contributed by atoms with Crippen LogP contribution in [0.15, 0.2) is 41.3 Å². The number of hydrogen-bond donors (Lipinski definition) is 1. The van der Waals surface area contributed by atoms with Crippen LogP contribution in [0.25, 0.3) is 11.1 Å². The van der Waals surface area contributed by atoms with Crippen LogP contribution in [-0.2, 0) is 0 Å². The molecule has 0 amide bonds. The maximum Gasteiger partial charge on any atom is 0.256 e. The van der Waals surface area contributed by atoms with Crippen LogP contribution in [0.5, 0.6) is 0 Å². The smallest absolute Gasteiger partial charge is 0.256 e. The third-order valence-corrected chi connectivity index (χ3v) is 2.30. The molecule has 0 fully saturated rings. The van der Waals surface area contributed by atoms with Crippen molar-refractivity contribution in [2.24, 2.45) is 0 Å². The zero-order valence-corrected chi connectivity index (χ0v) is 8.25. The highest BCUT2D eigenvalue weighted by atomic mass is 19.1. The van der Waals surface area contributed by atoms with E-state index in [1.165, 1.54) is 6.07 Å². The summed E-state index contributed by atoms with van der Waals surface area (Å²) in [6, 6.07) is 8.65. The van der Waals surface area contributed by atoms with Crippen molar-refractivity contribution in [3.8, 4) is 11.1 Å². The maximum absolute atomic E-state index is 13.0. The molecule has 0 saturated carbocycles. The highest BCUT2D eigenvalue weighted by molar-refractivity contribution is 5.65. The fraction of sp³-hybridized carbons (Fsp3) is 0.0833. The maximum atomic E-state index is 13.0. The number of rotatable bonds is 1. The van der Waals surface area contributed by atoms with Gasteiger partial charge in [0.2, 0.25) is 0 Å². The van der Waals surface area contributed by atoms with Crippen molar-refractivity contribution in [2.75, 3.05) is 0 Å². The molecular weight excluding hydrogens is 193 g/mol. The molecule has 15 heavy (non-hydrogen) atoms. The molecule has 1 heterocycles. The van der Waals surface area contributed by atoms with Crippen molar-refractivity contribution in [2.45, 2.75) is 6.92 Å². The number of nitrogens with one attached hydrogen (secondary N) is 1. The molecule has 0 aliphatic heterocycles. The van der Waals surface area contributed by atoms with Gasteiger partial charge in [0.15, 0.2) is 0 Å². The number of benzene rings is 1. The van der Waals surface area contributed by atoms with Crippen LogP contribution >= 0.6 is 0 Å².